The number of nitrogen functional groups attached to an aromatic ring is 1. The highest BCUT2D eigenvalue weighted by Crippen LogP contribution is 2.11. The molecule has 0 radical (unpaired) electrons. The molecule has 1 amide bonds. The number of nitrogens with one attached hydrogen (secondary N) is 1. The zero-order valence-electron chi connectivity index (χ0n) is 7.71. The minimum Gasteiger partial charge on any atom is -0.399 e. The van der Waals surface area contributed by atoms with Crippen molar-refractivity contribution < 1.29 is 14.0 Å². The number of hydrogen-bond donors (Lipinski definition) is 2. The fraction of sp³-hybridized carbons (Fsp3) is 0.222. The number of anilines is 1. The van der Waals surface area contributed by atoms with Gasteiger partial charge < -0.3 is 5.73 Å². The number of carbonyl (C=O) groups excluding carboxylic acids is 1. The fourth-order valence-corrected chi connectivity index (χ4v) is 0.908. The van der Waals surface area contributed by atoms with Crippen LogP contribution in [0.15, 0.2) is 18.2 Å². The number of hydroxylamine groups is 1. The molecule has 0 fully saturated rings. The van der Waals surface area contributed by atoms with Gasteiger partial charge in [-0.3, -0.25) is 9.63 Å². The molecule has 14 heavy (non-hydrogen) atoms. The second-order valence-electron chi connectivity index (χ2n) is 2.60. The molecule has 4 nitrogen and oxygen atoms in total. The summed E-state index contributed by atoms with van der Waals surface area (Å²) in [5, 5.41) is 0. The van der Waals surface area contributed by atoms with E-state index in [1.807, 2.05) is 0 Å². The van der Waals surface area contributed by atoms with Gasteiger partial charge in [0.15, 0.2) is 0 Å². The molecule has 0 atom stereocenters. The highest BCUT2D eigenvalue weighted by molar-refractivity contribution is 5.94. The van der Waals surface area contributed by atoms with E-state index in [0.717, 1.165) is 6.07 Å². The average molecular weight is 198 g/mol. The van der Waals surface area contributed by atoms with Crippen molar-refractivity contribution in [1.82, 2.24) is 5.48 Å². The summed E-state index contributed by atoms with van der Waals surface area (Å²) in [4.78, 5) is 15.9. The number of benzene rings is 1. The molecule has 0 aromatic heterocycles. The van der Waals surface area contributed by atoms with Crippen LogP contribution in [0.5, 0.6) is 0 Å². The second kappa shape index (κ2) is 4.57. The molecule has 0 bridgehead atoms. The first-order valence-electron chi connectivity index (χ1n) is 4.12. The lowest BCUT2D eigenvalue weighted by Crippen LogP contribution is -2.24. The number of nitrogens with two attached hydrogens (primary N) is 1. The summed E-state index contributed by atoms with van der Waals surface area (Å²) in [6, 6.07) is 3.84. The zero-order valence-corrected chi connectivity index (χ0v) is 7.71. The van der Waals surface area contributed by atoms with Crippen LogP contribution < -0.4 is 11.2 Å². The van der Waals surface area contributed by atoms with Crippen molar-refractivity contribution in [2.24, 2.45) is 0 Å². The summed E-state index contributed by atoms with van der Waals surface area (Å²) < 4.78 is 13.1. The van der Waals surface area contributed by atoms with Gasteiger partial charge in [-0.25, -0.2) is 9.87 Å². The number of rotatable bonds is 3. The first-order chi connectivity index (χ1) is 6.65. The molecule has 1 aromatic rings. The van der Waals surface area contributed by atoms with Crippen molar-refractivity contribution in [3.8, 4) is 0 Å². The Morgan fingerprint density at radius 1 is 1.64 bits per heavy atom. The number of amides is 1. The van der Waals surface area contributed by atoms with Crippen LogP contribution in [0.3, 0.4) is 0 Å². The van der Waals surface area contributed by atoms with Gasteiger partial charge >= 0.3 is 0 Å². The molecule has 0 aliphatic heterocycles. The van der Waals surface area contributed by atoms with Gasteiger partial charge in [-0.2, -0.15) is 0 Å². The third-order valence-corrected chi connectivity index (χ3v) is 1.55. The van der Waals surface area contributed by atoms with Crippen LogP contribution in [-0.4, -0.2) is 12.5 Å². The third-order valence-electron chi connectivity index (χ3n) is 1.55. The Morgan fingerprint density at radius 3 is 2.93 bits per heavy atom. The van der Waals surface area contributed by atoms with Crippen LogP contribution in [0.4, 0.5) is 10.1 Å². The minimum absolute atomic E-state index is 0.0901. The Balaban J connectivity index is 2.80. The van der Waals surface area contributed by atoms with Crippen LogP contribution in [0.25, 0.3) is 0 Å². The van der Waals surface area contributed by atoms with Crippen LogP contribution in [0, 0.1) is 5.82 Å². The van der Waals surface area contributed by atoms with Crippen molar-refractivity contribution in [3.05, 3.63) is 29.6 Å². The maximum Gasteiger partial charge on any atom is 0.277 e. The van der Waals surface area contributed by atoms with Gasteiger partial charge in [0.1, 0.15) is 5.82 Å². The first kappa shape index (κ1) is 10.5. The molecule has 0 unspecified atom stereocenters. The summed E-state index contributed by atoms with van der Waals surface area (Å²) in [5.74, 6) is -1.29. The SMILES string of the molecule is CCONC(=O)c1ccc(N)cc1F. The van der Waals surface area contributed by atoms with E-state index in [4.69, 9.17) is 5.73 Å². The van der Waals surface area contributed by atoms with Gasteiger partial charge in [-0.15, -0.1) is 0 Å². The molecule has 0 aliphatic rings. The number of hydrogen-bond acceptors (Lipinski definition) is 3. The highest BCUT2D eigenvalue weighted by Gasteiger charge is 2.10. The predicted octanol–water partition coefficient (Wildman–Crippen LogP) is 1.09. The molecule has 0 aliphatic carbocycles. The molecule has 0 heterocycles. The van der Waals surface area contributed by atoms with E-state index in [2.05, 4.69) is 10.3 Å². The van der Waals surface area contributed by atoms with Gasteiger partial charge in [0.25, 0.3) is 5.91 Å². The lowest BCUT2D eigenvalue weighted by atomic mass is 10.2. The summed E-state index contributed by atoms with van der Waals surface area (Å²) in [6.45, 7) is 2.03. The molecule has 0 saturated heterocycles. The Bertz CT molecular complexity index is 342. The lowest BCUT2D eigenvalue weighted by molar-refractivity contribution is 0.0361. The largest absolute Gasteiger partial charge is 0.399 e. The van der Waals surface area contributed by atoms with E-state index >= 15 is 0 Å². The van der Waals surface area contributed by atoms with Gasteiger partial charge in [0, 0.05) is 5.69 Å². The zero-order chi connectivity index (χ0) is 10.6. The number of halogens is 1. The van der Waals surface area contributed by atoms with Crippen molar-refractivity contribution >= 4 is 11.6 Å². The molecular weight excluding hydrogens is 187 g/mol. The summed E-state index contributed by atoms with van der Waals surface area (Å²) >= 11 is 0. The molecule has 76 valence electrons. The fourth-order valence-electron chi connectivity index (χ4n) is 0.908. The molecule has 1 rings (SSSR count). The predicted molar refractivity (Wildman–Crippen MR) is 49.9 cm³/mol. The van der Waals surface area contributed by atoms with Crippen molar-refractivity contribution in [1.29, 1.82) is 0 Å². The van der Waals surface area contributed by atoms with E-state index in [1.54, 1.807) is 6.92 Å². The standard InChI is InChI=1S/C9H11FN2O2/c1-2-14-12-9(13)7-4-3-6(11)5-8(7)10/h3-5H,2,11H2,1H3,(H,12,13). The molecule has 1 aromatic carbocycles. The molecule has 0 spiro atoms. The molecule has 5 heteroatoms. The Hall–Kier alpha value is -1.62. The van der Waals surface area contributed by atoms with Gasteiger partial charge in [-0.1, -0.05) is 0 Å². The van der Waals surface area contributed by atoms with Gasteiger partial charge in [-0.05, 0) is 25.1 Å². The Kier molecular flexibility index (Phi) is 3.41. The van der Waals surface area contributed by atoms with Crippen LogP contribution in [-0.2, 0) is 4.84 Å². The monoisotopic (exact) mass is 198 g/mol. The van der Waals surface area contributed by atoms with Gasteiger partial charge in [0.2, 0.25) is 0 Å². The molecular formula is C9H11FN2O2. The normalized spacial score (nSPS) is 9.86. The highest BCUT2D eigenvalue weighted by atomic mass is 19.1. The second-order valence-corrected chi connectivity index (χ2v) is 2.60. The summed E-state index contributed by atoms with van der Waals surface area (Å²) in [7, 11) is 0. The van der Waals surface area contributed by atoms with Crippen LogP contribution in [0.2, 0.25) is 0 Å². The smallest absolute Gasteiger partial charge is 0.277 e. The van der Waals surface area contributed by atoms with Crippen molar-refractivity contribution in [2.45, 2.75) is 6.92 Å². The van der Waals surface area contributed by atoms with E-state index in [-0.39, 0.29) is 11.3 Å². The molecule has 0 saturated carbocycles. The van der Waals surface area contributed by atoms with Crippen molar-refractivity contribution in [2.75, 3.05) is 12.3 Å². The lowest BCUT2D eigenvalue weighted by Gasteiger charge is -2.04. The van der Waals surface area contributed by atoms with Crippen LogP contribution in [0.1, 0.15) is 17.3 Å². The summed E-state index contributed by atoms with van der Waals surface area (Å²) in [5.41, 5.74) is 7.60. The Labute approximate surface area is 80.8 Å². The Morgan fingerprint density at radius 2 is 2.36 bits per heavy atom. The maximum atomic E-state index is 13.1. The number of carbonyl (C=O) groups is 1. The average Bonchev–Trinajstić information content (AvgIpc) is 2.14. The van der Waals surface area contributed by atoms with E-state index in [0.29, 0.717) is 6.61 Å². The van der Waals surface area contributed by atoms with Crippen molar-refractivity contribution in [3.63, 3.8) is 0 Å². The van der Waals surface area contributed by atoms with E-state index in [1.165, 1.54) is 12.1 Å². The van der Waals surface area contributed by atoms with E-state index in [9.17, 15) is 9.18 Å². The van der Waals surface area contributed by atoms with Crippen LogP contribution >= 0.6 is 0 Å². The minimum atomic E-state index is -0.665. The quantitative estimate of drug-likeness (QED) is 0.564. The first-order valence-corrected chi connectivity index (χ1v) is 4.12. The topological polar surface area (TPSA) is 64.3 Å². The third kappa shape index (κ3) is 2.43. The van der Waals surface area contributed by atoms with E-state index < -0.39 is 11.7 Å². The van der Waals surface area contributed by atoms with Gasteiger partial charge in [0.05, 0.1) is 12.2 Å². The summed E-state index contributed by atoms with van der Waals surface area (Å²) in [6.07, 6.45) is 0. The molecule has 3 N–H and O–H groups in total. The maximum absolute atomic E-state index is 13.1.